The van der Waals surface area contributed by atoms with Crippen LogP contribution in [-0.4, -0.2) is 112 Å². The SMILES string of the molecule is CC[C@@H](O)[C@@H](O)[C@H](COC1OC(CO)C(O)C(O)C1O)NC(=O)CCCCCCCCCCCCCCCCC1COC1. The van der Waals surface area contributed by atoms with Crippen molar-refractivity contribution in [3.05, 3.63) is 0 Å². The molecular formula is C32H61NO10. The number of carbonyl (C=O) groups is 1. The molecule has 0 aliphatic carbocycles. The van der Waals surface area contributed by atoms with Crippen LogP contribution >= 0.6 is 0 Å². The molecule has 8 atom stereocenters. The van der Waals surface area contributed by atoms with E-state index < -0.39 is 55.6 Å². The number of unbranched alkanes of at least 4 members (excludes halogenated alkanes) is 13. The quantitative estimate of drug-likeness (QED) is 0.0750. The van der Waals surface area contributed by atoms with Gasteiger partial charge in [-0.2, -0.15) is 0 Å². The Labute approximate surface area is 258 Å². The van der Waals surface area contributed by atoms with Crippen molar-refractivity contribution in [1.82, 2.24) is 5.32 Å². The van der Waals surface area contributed by atoms with E-state index in [-0.39, 0.29) is 25.4 Å². The second-order valence-corrected chi connectivity index (χ2v) is 12.6. The van der Waals surface area contributed by atoms with Crippen molar-refractivity contribution in [2.24, 2.45) is 5.92 Å². The first-order valence-corrected chi connectivity index (χ1v) is 16.9. The molecule has 7 N–H and O–H groups in total. The van der Waals surface area contributed by atoms with Crippen LogP contribution in [0.4, 0.5) is 0 Å². The fourth-order valence-corrected chi connectivity index (χ4v) is 5.71. The van der Waals surface area contributed by atoms with E-state index in [0.29, 0.717) is 6.42 Å². The third-order valence-electron chi connectivity index (χ3n) is 8.83. The summed E-state index contributed by atoms with van der Waals surface area (Å²) in [6.45, 7) is 2.74. The number of nitrogens with one attached hydrogen (secondary N) is 1. The van der Waals surface area contributed by atoms with Gasteiger partial charge in [-0.05, 0) is 19.3 Å². The van der Waals surface area contributed by atoms with Crippen LogP contribution < -0.4 is 5.32 Å². The molecular weight excluding hydrogens is 558 g/mol. The Bertz CT molecular complexity index is 710. The molecule has 0 aromatic heterocycles. The van der Waals surface area contributed by atoms with Gasteiger partial charge in [-0.15, -0.1) is 0 Å². The van der Waals surface area contributed by atoms with E-state index in [2.05, 4.69) is 5.32 Å². The minimum Gasteiger partial charge on any atom is -0.394 e. The molecule has 2 rings (SSSR count). The molecule has 0 aromatic carbocycles. The molecule has 5 unspecified atom stereocenters. The molecule has 1 amide bonds. The normalized spacial score (nSPS) is 26.5. The number of hydrogen-bond acceptors (Lipinski definition) is 10. The Morgan fingerprint density at radius 3 is 1.84 bits per heavy atom. The number of amides is 1. The molecule has 11 nitrogen and oxygen atoms in total. The minimum atomic E-state index is -1.60. The van der Waals surface area contributed by atoms with Gasteiger partial charge in [0.05, 0.1) is 38.6 Å². The van der Waals surface area contributed by atoms with E-state index >= 15 is 0 Å². The van der Waals surface area contributed by atoms with Gasteiger partial charge in [0.1, 0.15) is 30.5 Å². The van der Waals surface area contributed by atoms with Gasteiger partial charge in [-0.1, -0.05) is 90.4 Å². The monoisotopic (exact) mass is 619 g/mol. The zero-order valence-electron chi connectivity index (χ0n) is 26.4. The standard InChI is InChI=1S/C32H61NO10/c1-2-25(35)28(37)24(22-42-32-31(40)30(39)29(38)26(19-34)43-32)33-27(36)18-16-14-12-10-8-6-4-3-5-7-9-11-13-15-17-23-20-41-21-23/h23-26,28-32,34-35,37-40H,2-22H2,1H3,(H,33,36)/t24-,25+,26?,28-,29?,30?,31?,32?/m0/s1. The van der Waals surface area contributed by atoms with Crippen molar-refractivity contribution in [3.8, 4) is 0 Å². The number of ether oxygens (including phenoxy) is 3. The summed E-state index contributed by atoms with van der Waals surface area (Å²) >= 11 is 0. The lowest BCUT2D eigenvalue weighted by Gasteiger charge is -2.40. The van der Waals surface area contributed by atoms with Gasteiger partial charge in [0, 0.05) is 12.3 Å². The van der Waals surface area contributed by atoms with Crippen LogP contribution in [0.15, 0.2) is 0 Å². The average molecular weight is 620 g/mol. The molecule has 43 heavy (non-hydrogen) atoms. The lowest BCUT2D eigenvalue weighted by molar-refractivity contribution is -0.303. The van der Waals surface area contributed by atoms with E-state index in [9.17, 15) is 35.4 Å². The van der Waals surface area contributed by atoms with E-state index in [1.807, 2.05) is 0 Å². The molecule has 0 spiro atoms. The lowest BCUT2D eigenvalue weighted by Crippen LogP contribution is -2.60. The fourth-order valence-electron chi connectivity index (χ4n) is 5.71. The highest BCUT2D eigenvalue weighted by Gasteiger charge is 2.44. The molecule has 11 heteroatoms. The second kappa shape index (κ2) is 22.6. The van der Waals surface area contributed by atoms with E-state index in [1.54, 1.807) is 6.92 Å². The van der Waals surface area contributed by atoms with Crippen LogP contribution in [0, 0.1) is 5.92 Å². The second-order valence-electron chi connectivity index (χ2n) is 12.6. The summed E-state index contributed by atoms with van der Waals surface area (Å²) in [5.74, 6) is 0.555. The Kier molecular flexibility index (Phi) is 20.1. The first-order chi connectivity index (χ1) is 20.8. The van der Waals surface area contributed by atoms with Crippen molar-refractivity contribution in [2.45, 2.75) is 165 Å². The molecule has 2 fully saturated rings. The fraction of sp³-hybridized carbons (Fsp3) is 0.969. The van der Waals surface area contributed by atoms with Crippen molar-refractivity contribution in [1.29, 1.82) is 0 Å². The predicted octanol–water partition coefficient (Wildman–Crippen LogP) is 2.31. The highest BCUT2D eigenvalue weighted by molar-refractivity contribution is 5.76. The van der Waals surface area contributed by atoms with Crippen LogP contribution in [0.25, 0.3) is 0 Å². The Morgan fingerprint density at radius 1 is 0.814 bits per heavy atom. The molecule has 2 heterocycles. The number of hydrogen-bond donors (Lipinski definition) is 7. The summed E-state index contributed by atoms with van der Waals surface area (Å²) in [5.41, 5.74) is 0. The van der Waals surface area contributed by atoms with Crippen molar-refractivity contribution < 1.29 is 49.6 Å². The number of carbonyl (C=O) groups excluding carboxylic acids is 1. The maximum atomic E-state index is 12.6. The lowest BCUT2D eigenvalue weighted by atomic mass is 9.98. The zero-order valence-corrected chi connectivity index (χ0v) is 26.4. The van der Waals surface area contributed by atoms with Gasteiger partial charge in [-0.25, -0.2) is 0 Å². The molecule has 0 aromatic rings. The summed E-state index contributed by atoms with van der Waals surface area (Å²) in [6, 6.07) is -0.984. The van der Waals surface area contributed by atoms with Gasteiger partial charge < -0.3 is 50.2 Å². The summed E-state index contributed by atoms with van der Waals surface area (Å²) < 4.78 is 16.1. The average Bonchev–Trinajstić information content (AvgIpc) is 2.98. The third kappa shape index (κ3) is 14.8. The molecule has 254 valence electrons. The van der Waals surface area contributed by atoms with E-state index in [4.69, 9.17) is 14.2 Å². The van der Waals surface area contributed by atoms with Crippen LogP contribution in [0.5, 0.6) is 0 Å². The smallest absolute Gasteiger partial charge is 0.220 e. The third-order valence-corrected chi connectivity index (χ3v) is 8.83. The van der Waals surface area contributed by atoms with Gasteiger partial charge in [-0.3, -0.25) is 4.79 Å². The molecule has 0 saturated carbocycles. The zero-order chi connectivity index (χ0) is 31.5. The number of aliphatic hydroxyl groups is 6. The molecule has 0 bridgehead atoms. The summed E-state index contributed by atoms with van der Waals surface area (Å²) in [4.78, 5) is 12.6. The molecule has 2 aliphatic heterocycles. The number of aliphatic hydroxyl groups excluding tert-OH is 6. The first-order valence-electron chi connectivity index (χ1n) is 16.9. The number of rotatable bonds is 25. The Morgan fingerprint density at radius 2 is 1.35 bits per heavy atom. The Hall–Kier alpha value is -0.890. The maximum Gasteiger partial charge on any atom is 0.220 e. The topological polar surface area (TPSA) is 178 Å². The summed E-state index contributed by atoms with van der Waals surface area (Å²) in [7, 11) is 0. The predicted molar refractivity (Wildman–Crippen MR) is 162 cm³/mol. The van der Waals surface area contributed by atoms with Crippen molar-refractivity contribution in [3.63, 3.8) is 0 Å². The van der Waals surface area contributed by atoms with Gasteiger partial charge >= 0.3 is 0 Å². The van der Waals surface area contributed by atoms with Gasteiger partial charge in [0.15, 0.2) is 6.29 Å². The molecule has 0 radical (unpaired) electrons. The van der Waals surface area contributed by atoms with Crippen molar-refractivity contribution in [2.75, 3.05) is 26.4 Å². The van der Waals surface area contributed by atoms with Crippen LogP contribution in [0.3, 0.4) is 0 Å². The minimum absolute atomic E-state index is 0.255. The Balaban J connectivity index is 1.52. The van der Waals surface area contributed by atoms with Crippen LogP contribution in [0.1, 0.15) is 116 Å². The summed E-state index contributed by atoms with van der Waals surface area (Å²) in [5, 5.41) is 62.9. The molecule has 2 saturated heterocycles. The van der Waals surface area contributed by atoms with Gasteiger partial charge in [0.2, 0.25) is 5.91 Å². The van der Waals surface area contributed by atoms with E-state index in [0.717, 1.165) is 38.4 Å². The van der Waals surface area contributed by atoms with Gasteiger partial charge in [0.25, 0.3) is 0 Å². The highest BCUT2D eigenvalue weighted by atomic mass is 16.7. The van der Waals surface area contributed by atoms with Crippen LogP contribution in [0.2, 0.25) is 0 Å². The highest BCUT2D eigenvalue weighted by Crippen LogP contribution is 2.23. The van der Waals surface area contributed by atoms with E-state index in [1.165, 1.54) is 70.6 Å². The van der Waals surface area contributed by atoms with Crippen LogP contribution in [-0.2, 0) is 19.0 Å². The molecule has 2 aliphatic rings. The maximum absolute atomic E-state index is 12.6. The summed E-state index contributed by atoms with van der Waals surface area (Å²) in [6.07, 6.45) is 9.31. The van der Waals surface area contributed by atoms with Crippen molar-refractivity contribution >= 4 is 5.91 Å². The largest absolute Gasteiger partial charge is 0.394 e. The first kappa shape index (κ1) is 38.3.